The molecule has 0 aliphatic rings. The van der Waals surface area contributed by atoms with Gasteiger partial charge >= 0.3 is 40.9 Å². The number of carboxylic acid groups (broad SMARTS) is 2. The first kappa shape index (κ1) is 59.0. The van der Waals surface area contributed by atoms with Crippen LogP contribution in [0.15, 0.2) is 33.0 Å². The molecular weight excluding hydrogens is 883 g/mol. The summed E-state index contributed by atoms with van der Waals surface area (Å²) >= 11 is 0. The number of halogens is 3. The minimum absolute atomic E-state index is 0.162. The third kappa shape index (κ3) is 32.7. The Bertz CT molecular complexity index is 2120. The largest absolute Gasteiger partial charge is 0.481 e. The average molecular weight is 944 g/mol. The summed E-state index contributed by atoms with van der Waals surface area (Å²) in [7, 11) is 2.75. The highest BCUT2D eigenvalue weighted by atomic mass is 19.1. The quantitative estimate of drug-likeness (QED) is 0.0392. The number of aliphatic carboxylic acids is 2. The lowest BCUT2D eigenvalue weighted by molar-refractivity contribution is -0.141. The molecule has 0 aromatic carbocycles. The Morgan fingerprint density at radius 1 is 0.500 bits per heavy atom. The summed E-state index contributed by atoms with van der Waals surface area (Å²) in [6.45, 7) is 0. The Kier molecular flexibility index (Phi) is 32.6. The van der Waals surface area contributed by atoms with Crippen molar-refractivity contribution >= 4 is 53.1 Å². The van der Waals surface area contributed by atoms with Gasteiger partial charge in [0.25, 0.3) is 0 Å². The van der Waals surface area contributed by atoms with Crippen molar-refractivity contribution in [3.63, 3.8) is 0 Å². The molecule has 0 saturated carbocycles. The lowest BCUT2D eigenvalue weighted by Crippen LogP contribution is -2.19. The van der Waals surface area contributed by atoms with Crippen molar-refractivity contribution in [2.24, 2.45) is 0 Å². The molecule has 3 aromatic rings. The zero-order chi connectivity index (χ0) is 49.7. The number of nitrogens with one attached hydrogen (secondary N) is 5. The van der Waals surface area contributed by atoms with Gasteiger partial charge in [-0.3, -0.25) is 43.7 Å². The minimum atomic E-state index is -0.803. The Balaban J connectivity index is 0.000000893. The number of aromatic nitrogens is 6. The van der Waals surface area contributed by atoms with Crippen LogP contribution < -0.4 is 33.4 Å². The highest BCUT2D eigenvalue weighted by Crippen LogP contribution is 2.12. The van der Waals surface area contributed by atoms with Crippen LogP contribution in [0.5, 0.6) is 0 Å². The third-order valence-electron chi connectivity index (χ3n) is 8.66. The molecule has 0 fully saturated rings. The van der Waals surface area contributed by atoms with Gasteiger partial charge in [-0.2, -0.15) is 15.0 Å². The average Bonchev–Trinajstić information content (AvgIpc) is 3.26. The van der Waals surface area contributed by atoms with E-state index in [1.54, 1.807) is 0 Å². The highest BCUT2D eigenvalue weighted by Gasteiger charge is 2.10. The van der Waals surface area contributed by atoms with Gasteiger partial charge in [-0.15, -0.1) is 0 Å². The van der Waals surface area contributed by atoms with E-state index in [0.717, 1.165) is 95.6 Å². The number of carboxylic acids is 2. The van der Waals surface area contributed by atoms with E-state index in [2.05, 4.69) is 45.0 Å². The standard InChI is InChI=1S/C14H20FN3O4.C13H18FN3O4.C10H18O4.C4H4FN3O/c1-22-12(20)8-6-4-2-3-5-7-11(19)17-13-10(15)9-16-14(21)18-13;14-9-8-15-13(21)17-12(9)16-10(18)6-4-2-1-3-5-7-11(19)20;1-14-10(13)8-6-4-2-3-5-7-9(11)12;5-2-1-7-4(9)8-3(2)6/h9H,2-8H2,1H3,(H2,16,17,18,19,21);8H,1-7H2,(H,19,20)(H2,15,16,17,18,21);2-8H2,1H3,(H,11,12);1H,(H3,6,7,8,9). The van der Waals surface area contributed by atoms with Gasteiger partial charge in [0.1, 0.15) is 5.82 Å². The summed E-state index contributed by atoms with van der Waals surface area (Å²) in [6, 6.07) is 0. The monoisotopic (exact) mass is 943 g/mol. The van der Waals surface area contributed by atoms with Crippen molar-refractivity contribution < 1.29 is 61.6 Å². The van der Waals surface area contributed by atoms with E-state index in [9.17, 15) is 56.3 Å². The number of amides is 2. The van der Waals surface area contributed by atoms with Crippen molar-refractivity contribution in [1.82, 2.24) is 29.9 Å². The number of H-pyrrole nitrogens is 3. The Hall–Kier alpha value is -6.95. The van der Waals surface area contributed by atoms with Crippen LogP contribution in [-0.2, 0) is 38.2 Å². The Morgan fingerprint density at radius 2 is 0.788 bits per heavy atom. The second kappa shape index (κ2) is 36.4. The van der Waals surface area contributed by atoms with Crippen molar-refractivity contribution in [1.29, 1.82) is 0 Å². The molecule has 368 valence electrons. The van der Waals surface area contributed by atoms with Gasteiger partial charge in [-0.1, -0.05) is 57.8 Å². The van der Waals surface area contributed by atoms with E-state index in [0.29, 0.717) is 32.1 Å². The van der Waals surface area contributed by atoms with Gasteiger partial charge in [-0.05, 0) is 38.5 Å². The summed E-state index contributed by atoms with van der Waals surface area (Å²) < 4.78 is 47.7. The maximum atomic E-state index is 13.3. The number of aromatic amines is 3. The number of hydrogen-bond donors (Lipinski definition) is 8. The molecule has 3 aromatic heterocycles. The normalized spacial score (nSPS) is 10.1. The first-order chi connectivity index (χ1) is 31.4. The molecule has 0 atom stereocenters. The third-order valence-corrected chi connectivity index (χ3v) is 8.66. The lowest BCUT2D eigenvalue weighted by atomic mass is 10.1. The lowest BCUT2D eigenvalue weighted by Gasteiger charge is -2.05. The van der Waals surface area contributed by atoms with Crippen molar-refractivity contribution in [2.75, 3.05) is 30.6 Å². The predicted molar refractivity (Wildman–Crippen MR) is 232 cm³/mol. The Labute approximate surface area is 377 Å². The maximum Gasteiger partial charge on any atom is 0.346 e. The van der Waals surface area contributed by atoms with Crippen LogP contribution in [0, 0.1) is 17.5 Å². The molecule has 66 heavy (non-hydrogen) atoms. The Morgan fingerprint density at radius 3 is 1.09 bits per heavy atom. The van der Waals surface area contributed by atoms with E-state index in [1.165, 1.54) is 14.2 Å². The summed E-state index contributed by atoms with van der Waals surface area (Å²) in [5.74, 6) is -5.79. The zero-order valence-corrected chi connectivity index (χ0v) is 37.0. The molecule has 25 heteroatoms. The molecule has 0 saturated heterocycles. The topological polar surface area (TPSA) is 349 Å². The molecule has 0 bridgehead atoms. The number of nitrogens with two attached hydrogens (primary N) is 1. The fourth-order valence-electron chi connectivity index (χ4n) is 5.19. The fourth-order valence-corrected chi connectivity index (χ4v) is 5.19. The number of hydrogen-bond acceptors (Lipinski definition) is 15. The van der Waals surface area contributed by atoms with Gasteiger partial charge in [0.15, 0.2) is 29.1 Å². The fraction of sp³-hybridized carbons (Fsp3) is 0.561. The van der Waals surface area contributed by atoms with Crippen LogP contribution in [0.4, 0.5) is 30.6 Å². The van der Waals surface area contributed by atoms with E-state index < -0.39 is 46.5 Å². The van der Waals surface area contributed by atoms with Crippen molar-refractivity contribution in [3.05, 3.63) is 67.5 Å². The highest BCUT2D eigenvalue weighted by molar-refractivity contribution is 5.90. The first-order valence-corrected chi connectivity index (χ1v) is 21.0. The van der Waals surface area contributed by atoms with E-state index >= 15 is 0 Å². The number of ether oxygens (including phenoxy) is 2. The van der Waals surface area contributed by atoms with Crippen LogP contribution in [0.25, 0.3) is 0 Å². The van der Waals surface area contributed by atoms with Gasteiger partial charge in [0.05, 0.1) is 32.8 Å². The molecule has 3 rings (SSSR count). The molecule has 3 heterocycles. The number of carbonyl (C=O) groups is 6. The number of rotatable bonds is 26. The van der Waals surface area contributed by atoms with Crippen LogP contribution in [0.1, 0.15) is 135 Å². The number of anilines is 3. The number of nitrogens with zero attached hydrogens (tertiary/aromatic N) is 3. The van der Waals surface area contributed by atoms with Gasteiger partial charge in [0, 0.05) is 38.5 Å². The minimum Gasteiger partial charge on any atom is -0.481 e. The van der Waals surface area contributed by atoms with Crippen molar-refractivity contribution in [3.8, 4) is 0 Å². The number of nitrogen functional groups attached to an aromatic ring is 1. The first-order valence-electron chi connectivity index (χ1n) is 21.0. The predicted octanol–water partition coefficient (Wildman–Crippen LogP) is 4.88. The molecular formula is C41H60F3N9O13. The summed E-state index contributed by atoms with van der Waals surface area (Å²) in [5.41, 5.74) is 2.85. The number of carbonyl (C=O) groups excluding carboxylic acids is 4. The molecule has 2 amide bonds. The zero-order valence-electron chi connectivity index (χ0n) is 37.0. The molecule has 0 aliphatic heterocycles. The molecule has 9 N–H and O–H groups in total. The van der Waals surface area contributed by atoms with Gasteiger partial charge < -0.3 is 36.1 Å². The second-order valence-corrected chi connectivity index (χ2v) is 14.1. The van der Waals surface area contributed by atoms with Gasteiger partial charge in [0.2, 0.25) is 11.8 Å². The molecule has 22 nitrogen and oxygen atoms in total. The van der Waals surface area contributed by atoms with E-state index in [1.807, 2.05) is 4.98 Å². The number of unbranched alkanes of at least 4 members (excludes halogenated alkanes) is 12. The SMILES string of the molecule is COC(=O)CCCCCCCC(=O)Nc1[nH]c(=O)ncc1F.COC(=O)CCCCCCCC(=O)O.Nc1[nH]c(=O)ncc1F.O=C(O)CCCCCCCC(=O)Nc1[nH]c(=O)ncc1F. The molecule has 0 unspecified atom stereocenters. The van der Waals surface area contributed by atoms with E-state index in [-0.39, 0.29) is 66.9 Å². The molecule has 0 spiro atoms. The smallest absolute Gasteiger partial charge is 0.346 e. The number of methoxy groups -OCH3 is 2. The van der Waals surface area contributed by atoms with Gasteiger partial charge in [-0.25, -0.2) is 27.6 Å². The van der Waals surface area contributed by atoms with E-state index in [4.69, 9.17) is 15.9 Å². The summed E-state index contributed by atoms with van der Waals surface area (Å²) in [5, 5.41) is 21.4. The molecule has 0 aliphatic carbocycles. The van der Waals surface area contributed by atoms with Crippen LogP contribution in [-0.4, -0.2) is 90.0 Å². The maximum absolute atomic E-state index is 13.3. The molecule has 0 radical (unpaired) electrons. The second-order valence-electron chi connectivity index (χ2n) is 14.1. The van der Waals surface area contributed by atoms with Crippen molar-refractivity contribution in [2.45, 2.75) is 135 Å². The number of esters is 2. The van der Waals surface area contributed by atoms with Crippen LogP contribution in [0.2, 0.25) is 0 Å². The summed E-state index contributed by atoms with van der Waals surface area (Å²) in [6.07, 6.45) is 16.2. The van der Waals surface area contributed by atoms with Crippen LogP contribution >= 0.6 is 0 Å². The van der Waals surface area contributed by atoms with Crippen LogP contribution in [0.3, 0.4) is 0 Å². The summed E-state index contributed by atoms with van der Waals surface area (Å²) in [4.78, 5) is 113.